The SMILES string of the molecule is CC1NC(=O)C(CC(N)=O)NC(=O)C(C(C)O)NC(=O)C(C(C)C)NC(=O)C(C(C)C)NC(=O)C(NC(=O)CC(O)CCCCCCCCCCCCNC(N)=O)C(C)OC1=O. The maximum absolute atomic E-state index is 13.9. The van der Waals surface area contributed by atoms with Crippen LogP contribution in [-0.4, -0.2) is 125 Å². The highest BCUT2D eigenvalue weighted by atomic mass is 16.5. The Morgan fingerprint density at radius 3 is 1.60 bits per heavy atom. The number of cyclic esters (lactones) is 1. The van der Waals surface area contributed by atoms with E-state index in [9.17, 15) is 53.4 Å². The van der Waals surface area contributed by atoms with Crippen LogP contribution >= 0.6 is 0 Å². The molecule has 21 heteroatoms. The van der Waals surface area contributed by atoms with Crippen LogP contribution in [0.5, 0.6) is 0 Å². The summed E-state index contributed by atoms with van der Waals surface area (Å²) in [6.45, 7) is 10.7. The van der Waals surface area contributed by atoms with Crippen LogP contribution in [0.4, 0.5) is 4.79 Å². The monoisotopic (exact) mass is 884 g/mol. The van der Waals surface area contributed by atoms with Gasteiger partial charge in [0.15, 0.2) is 0 Å². The Morgan fingerprint density at radius 2 is 1.11 bits per heavy atom. The lowest BCUT2D eigenvalue weighted by Crippen LogP contribution is -2.63. The van der Waals surface area contributed by atoms with Gasteiger partial charge in [0.25, 0.3) is 0 Å². The summed E-state index contributed by atoms with van der Waals surface area (Å²) in [5, 5.41) is 38.4. The second kappa shape index (κ2) is 28.5. The second-order valence-electron chi connectivity index (χ2n) is 16.8. The highest BCUT2D eigenvalue weighted by molar-refractivity contribution is 5.98. The van der Waals surface area contributed by atoms with Gasteiger partial charge in [-0.2, -0.15) is 0 Å². The summed E-state index contributed by atoms with van der Waals surface area (Å²) in [6.07, 6.45) is 4.97. The summed E-state index contributed by atoms with van der Waals surface area (Å²) < 4.78 is 5.52. The van der Waals surface area contributed by atoms with Crippen LogP contribution in [0.2, 0.25) is 0 Å². The number of nitrogens with two attached hydrogens (primary N) is 2. The molecule has 0 bridgehead atoms. The van der Waals surface area contributed by atoms with Gasteiger partial charge in [0.2, 0.25) is 41.4 Å². The topological polar surface area (TPSA) is 340 Å². The molecule has 0 aliphatic carbocycles. The van der Waals surface area contributed by atoms with Crippen LogP contribution in [0.25, 0.3) is 0 Å². The van der Waals surface area contributed by atoms with Crippen molar-refractivity contribution in [1.82, 2.24) is 37.2 Å². The third kappa shape index (κ3) is 21.2. The fourth-order valence-electron chi connectivity index (χ4n) is 6.68. The first-order chi connectivity index (χ1) is 29.0. The van der Waals surface area contributed by atoms with Crippen molar-refractivity contribution in [3.63, 3.8) is 0 Å². The molecule has 0 radical (unpaired) electrons. The average Bonchev–Trinajstić information content (AvgIpc) is 3.16. The zero-order valence-electron chi connectivity index (χ0n) is 37.4. The van der Waals surface area contributed by atoms with Crippen molar-refractivity contribution in [1.29, 1.82) is 0 Å². The quantitative estimate of drug-likeness (QED) is 0.0496. The number of esters is 1. The number of amides is 9. The van der Waals surface area contributed by atoms with Crippen molar-refractivity contribution in [3.05, 3.63) is 0 Å². The number of hydrogen-bond acceptors (Lipinski definition) is 12. The fourth-order valence-corrected chi connectivity index (χ4v) is 6.68. The van der Waals surface area contributed by atoms with E-state index < -0.39 is 126 Å². The van der Waals surface area contributed by atoms with Crippen LogP contribution in [0.1, 0.15) is 132 Å². The number of rotatable bonds is 21. The smallest absolute Gasteiger partial charge is 0.328 e. The minimum atomic E-state index is -1.68. The van der Waals surface area contributed by atoms with Crippen molar-refractivity contribution in [2.45, 2.75) is 186 Å². The van der Waals surface area contributed by atoms with Crippen LogP contribution in [0.15, 0.2) is 0 Å². The van der Waals surface area contributed by atoms with Gasteiger partial charge in [0.05, 0.1) is 25.0 Å². The van der Waals surface area contributed by atoms with E-state index >= 15 is 0 Å². The van der Waals surface area contributed by atoms with Gasteiger partial charge in [-0.05, 0) is 45.4 Å². The van der Waals surface area contributed by atoms with Crippen molar-refractivity contribution >= 4 is 53.4 Å². The van der Waals surface area contributed by atoms with Crippen molar-refractivity contribution in [2.75, 3.05) is 6.54 Å². The maximum atomic E-state index is 13.9. The molecule has 62 heavy (non-hydrogen) atoms. The Morgan fingerprint density at radius 1 is 0.645 bits per heavy atom. The number of hydrogen-bond donors (Lipinski definition) is 11. The molecular formula is C41H73N9O12. The minimum absolute atomic E-state index is 0.320. The number of aliphatic hydroxyl groups is 2. The van der Waals surface area contributed by atoms with E-state index in [1.807, 2.05) is 0 Å². The average molecular weight is 884 g/mol. The maximum Gasteiger partial charge on any atom is 0.328 e. The largest absolute Gasteiger partial charge is 0.458 e. The Kier molecular flexibility index (Phi) is 25.3. The Bertz CT molecular complexity index is 1510. The first-order valence-electron chi connectivity index (χ1n) is 21.7. The molecule has 1 aliphatic rings. The molecule has 21 nitrogen and oxygen atoms in total. The molecule has 1 aliphatic heterocycles. The van der Waals surface area contributed by atoms with E-state index in [0.717, 1.165) is 57.8 Å². The first kappa shape index (κ1) is 55.0. The lowest BCUT2D eigenvalue weighted by Gasteiger charge is -2.31. The summed E-state index contributed by atoms with van der Waals surface area (Å²) in [5.74, 6) is -8.77. The molecule has 13 N–H and O–H groups in total. The standard InChI is InChI=1S/C41H73N9O12/c1-22(2)31-36(56)48-32(23(3)4)37(57)50-33(25(6)51)38(58)46-28(21-29(42)53)35(55)45-24(5)40(60)62-26(7)34(39(59)49-31)47-30(54)20-27(52)18-16-14-12-10-8-9-11-13-15-17-19-44-41(43)61/h22-28,31-34,51-52H,8-21H2,1-7H3,(H2,42,53)(H,45,55)(H,46,58)(H,47,54)(H,48,56)(H,49,59)(H,50,57)(H3,43,44,61). The highest BCUT2D eigenvalue weighted by Crippen LogP contribution is 2.15. The van der Waals surface area contributed by atoms with Gasteiger partial charge in [0, 0.05) is 6.54 Å². The number of carbonyl (C=O) groups is 9. The first-order valence-corrected chi connectivity index (χ1v) is 21.7. The normalized spacial score (nSPS) is 24.5. The molecule has 0 aromatic rings. The minimum Gasteiger partial charge on any atom is -0.458 e. The Balaban J connectivity index is 3.18. The third-order valence-electron chi connectivity index (χ3n) is 10.4. The summed E-state index contributed by atoms with van der Waals surface area (Å²) in [6, 6.07) is -9.52. The van der Waals surface area contributed by atoms with E-state index in [4.69, 9.17) is 16.2 Å². The van der Waals surface area contributed by atoms with Crippen LogP contribution in [0.3, 0.4) is 0 Å². The fraction of sp³-hybridized carbons (Fsp3) is 0.780. The van der Waals surface area contributed by atoms with Crippen molar-refractivity contribution in [2.24, 2.45) is 23.3 Å². The van der Waals surface area contributed by atoms with Crippen molar-refractivity contribution < 1.29 is 58.1 Å². The summed E-state index contributed by atoms with van der Waals surface area (Å²) in [7, 11) is 0. The van der Waals surface area contributed by atoms with Gasteiger partial charge < -0.3 is 63.6 Å². The number of carbonyl (C=O) groups excluding carboxylic acids is 9. The molecule has 1 heterocycles. The molecule has 1 rings (SSSR count). The summed E-state index contributed by atoms with van der Waals surface area (Å²) in [5.41, 5.74) is 10.4. The molecule has 9 atom stereocenters. The summed E-state index contributed by atoms with van der Waals surface area (Å²) >= 11 is 0. The zero-order valence-corrected chi connectivity index (χ0v) is 37.4. The number of nitrogens with one attached hydrogen (secondary N) is 7. The van der Waals surface area contributed by atoms with Gasteiger partial charge in [-0.25, -0.2) is 9.59 Å². The lowest BCUT2D eigenvalue weighted by atomic mass is 9.98. The van der Waals surface area contributed by atoms with E-state index in [1.165, 1.54) is 20.8 Å². The molecule has 1 fully saturated rings. The molecule has 0 spiro atoms. The highest BCUT2D eigenvalue weighted by Gasteiger charge is 2.39. The van der Waals surface area contributed by atoms with Gasteiger partial charge in [0.1, 0.15) is 42.4 Å². The Labute approximate surface area is 364 Å². The number of aliphatic hydroxyl groups excluding tert-OH is 2. The Hall–Kier alpha value is -5.05. The lowest BCUT2D eigenvalue weighted by molar-refractivity contribution is -0.155. The van der Waals surface area contributed by atoms with E-state index in [-0.39, 0.29) is 6.42 Å². The summed E-state index contributed by atoms with van der Waals surface area (Å²) in [4.78, 5) is 117. The van der Waals surface area contributed by atoms with Crippen LogP contribution in [-0.2, 0) is 43.1 Å². The molecule has 354 valence electrons. The van der Waals surface area contributed by atoms with Gasteiger partial charge >= 0.3 is 12.0 Å². The molecule has 0 aromatic carbocycles. The van der Waals surface area contributed by atoms with Crippen molar-refractivity contribution in [3.8, 4) is 0 Å². The number of primary amides is 2. The van der Waals surface area contributed by atoms with Crippen LogP contribution in [0, 0.1) is 11.8 Å². The van der Waals surface area contributed by atoms with E-state index in [1.54, 1.807) is 27.7 Å². The molecule has 0 saturated carbocycles. The van der Waals surface area contributed by atoms with Crippen LogP contribution < -0.4 is 48.7 Å². The third-order valence-corrected chi connectivity index (χ3v) is 10.4. The number of ether oxygens (including phenoxy) is 1. The molecule has 1 saturated heterocycles. The zero-order chi connectivity index (χ0) is 47.1. The molecule has 0 aromatic heterocycles. The van der Waals surface area contributed by atoms with Gasteiger partial charge in [-0.3, -0.25) is 33.6 Å². The molecular weight excluding hydrogens is 811 g/mol. The number of unbranched alkanes of at least 4 members (excludes halogenated alkanes) is 9. The van der Waals surface area contributed by atoms with E-state index in [0.29, 0.717) is 19.4 Å². The van der Waals surface area contributed by atoms with Gasteiger partial charge in [-0.15, -0.1) is 0 Å². The number of urea groups is 1. The van der Waals surface area contributed by atoms with E-state index in [2.05, 4.69) is 37.2 Å². The predicted molar refractivity (Wildman–Crippen MR) is 227 cm³/mol. The predicted octanol–water partition coefficient (Wildman–Crippen LogP) is -0.861. The second-order valence-corrected chi connectivity index (χ2v) is 16.8. The molecule has 9 amide bonds. The molecule has 9 unspecified atom stereocenters. The van der Waals surface area contributed by atoms with Gasteiger partial charge in [-0.1, -0.05) is 85.5 Å².